The van der Waals surface area contributed by atoms with Gasteiger partial charge in [0.1, 0.15) is 0 Å². The number of anilines is 6. The highest BCUT2D eigenvalue weighted by Gasteiger charge is 2.27. The van der Waals surface area contributed by atoms with Gasteiger partial charge in [-0.1, -0.05) is 176 Å². The largest absolute Gasteiger partial charge is 0.310 e. The van der Waals surface area contributed by atoms with E-state index >= 15 is 0 Å². The number of fused-ring (bicyclic) bond motifs is 1. The number of rotatable bonds is 11. The third kappa shape index (κ3) is 8.11. The fourth-order valence-corrected chi connectivity index (χ4v) is 8.93. The summed E-state index contributed by atoms with van der Waals surface area (Å²) in [5.74, 6) is 0. The normalized spacial score (nSPS) is 11.0. The average molecular weight is 845 g/mol. The molecule has 0 aliphatic carbocycles. The topological polar surface area (TPSA) is 32.3 Å². The Morgan fingerprint density at radius 1 is 0.273 bits per heavy atom. The number of hydrogen-bond donors (Lipinski definition) is 0. The van der Waals surface area contributed by atoms with Gasteiger partial charge in [0.2, 0.25) is 0 Å². The van der Waals surface area contributed by atoms with Crippen LogP contribution in [0.15, 0.2) is 267 Å². The number of nitrogens with zero attached hydrogens (tertiary/aromatic N) is 4. The molecule has 0 atom stereocenters. The van der Waals surface area contributed by atoms with E-state index in [2.05, 4.69) is 264 Å². The molecule has 0 aliphatic rings. The van der Waals surface area contributed by atoms with Gasteiger partial charge in [0, 0.05) is 51.7 Å². The van der Waals surface area contributed by atoms with E-state index in [1.165, 1.54) is 10.8 Å². The molecule has 11 rings (SSSR count). The molecule has 0 N–H and O–H groups in total. The van der Waals surface area contributed by atoms with Crippen molar-refractivity contribution in [1.29, 1.82) is 0 Å². The highest BCUT2D eigenvalue weighted by molar-refractivity contribution is 6.03. The molecule has 9 aromatic carbocycles. The molecule has 4 heteroatoms. The van der Waals surface area contributed by atoms with Crippen molar-refractivity contribution >= 4 is 44.9 Å². The minimum Gasteiger partial charge on any atom is -0.310 e. The standard InChI is InChI=1S/C62H44N4/c1-6-21-46(22-7-1)58-42-57(43-59(64-58)47-23-8-2-9-24-47)66(56-33-14-5-15-34-56)61-41-53(50-27-18-26-49(38-50)52-28-19-37-63-44-52)40-60(62(61)51-36-35-45-20-16-17-25-48(45)39-51)65(54-29-10-3-11-30-54)55-31-12-4-13-32-55/h1-44H. The molecule has 0 saturated heterocycles. The number of hydrogen-bond acceptors (Lipinski definition) is 4. The molecular formula is C62H44N4. The van der Waals surface area contributed by atoms with Crippen LogP contribution >= 0.6 is 0 Å². The summed E-state index contributed by atoms with van der Waals surface area (Å²) in [6.45, 7) is 0. The van der Waals surface area contributed by atoms with Gasteiger partial charge in [-0.2, -0.15) is 0 Å². The first kappa shape index (κ1) is 40.0. The van der Waals surface area contributed by atoms with Gasteiger partial charge < -0.3 is 9.80 Å². The summed E-state index contributed by atoms with van der Waals surface area (Å²) in [4.78, 5) is 14.7. The second-order valence-electron chi connectivity index (χ2n) is 16.3. The van der Waals surface area contributed by atoms with Crippen LogP contribution in [-0.2, 0) is 0 Å². The van der Waals surface area contributed by atoms with Gasteiger partial charge in [-0.05, 0) is 112 Å². The van der Waals surface area contributed by atoms with Crippen LogP contribution in [0.1, 0.15) is 0 Å². The Morgan fingerprint density at radius 2 is 0.727 bits per heavy atom. The molecule has 0 aliphatic heterocycles. The zero-order valence-electron chi connectivity index (χ0n) is 36.2. The summed E-state index contributed by atoms with van der Waals surface area (Å²) >= 11 is 0. The first-order valence-electron chi connectivity index (χ1n) is 22.3. The SMILES string of the molecule is c1ccc(-c2cc(N(c3ccccc3)c3cc(-c4cccc(-c5cccnc5)c4)cc(N(c4ccccc4)c4ccccc4)c3-c3ccc4ccccc4c3)cc(-c3ccccc3)n2)cc1. The predicted octanol–water partition coefficient (Wildman–Crippen LogP) is 16.9. The Balaban J connectivity index is 1.28. The molecule has 0 fully saturated rings. The monoisotopic (exact) mass is 844 g/mol. The maximum atomic E-state index is 5.35. The molecule has 2 heterocycles. The van der Waals surface area contributed by atoms with E-state index in [-0.39, 0.29) is 0 Å². The average Bonchev–Trinajstić information content (AvgIpc) is 3.40. The number of benzene rings is 9. The van der Waals surface area contributed by atoms with Crippen molar-refractivity contribution in [3.8, 4) is 55.9 Å². The Morgan fingerprint density at radius 3 is 1.26 bits per heavy atom. The number of para-hydroxylation sites is 3. The molecule has 0 unspecified atom stereocenters. The van der Waals surface area contributed by atoms with Crippen LogP contribution in [0.5, 0.6) is 0 Å². The van der Waals surface area contributed by atoms with E-state index in [0.717, 1.165) is 90.0 Å². The zero-order valence-corrected chi connectivity index (χ0v) is 36.2. The van der Waals surface area contributed by atoms with Crippen molar-refractivity contribution < 1.29 is 0 Å². The Kier molecular flexibility index (Phi) is 10.9. The van der Waals surface area contributed by atoms with Crippen LogP contribution in [-0.4, -0.2) is 9.97 Å². The van der Waals surface area contributed by atoms with Gasteiger partial charge in [-0.15, -0.1) is 0 Å². The van der Waals surface area contributed by atoms with E-state index in [1.807, 2.05) is 18.5 Å². The summed E-state index contributed by atoms with van der Waals surface area (Å²) in [5.41, 5.74) is 16.5. The fraction of sp³-hybridized carbons (Fsp3) is 0. The van der Waals surface area contributed by atoms with Gasteiger partial charge in [0.15, 0.2) is 0 Å². The van der Waals surface area contributed by atoms with Crippen molar-refractivity contribution in [1.82, 2.24) is 9.97 Å². The predicted molar refractivity (Wildman–Crippen MR) is 276 cm³/mol. The highest BCUT2D eigenvalue weighted by atomic mass is 15.2. The van der Waals surface area contributed by atoms with Crippen LogP contribution in [0.25, 0.3) is 66.7 Å². The summed E-state index contributed by atoms with van der Waals surface area (Å²) < 4.78 is 0. The summed E-state index contributed by atoms with van der Waals surface area (Å²) in [5, 5.41) is 2.35. The minimum absolute atomic E-state index is 0.885. The van der Waals surface area contributed by atoms with Gasteiger partial charge in [-0.3, -0.25) is 4.98 Å². The molecule has 312 valence electrons. The quantitative estimate of drug-likeness (QED) is 0.130. The van der Waals surface area contributed by atoms with Gasteiger partial charge >= 0.3 is 0 Å². The van der Waals surface area contributed by atoms with Crippen LogP contribution in [0, 0.1) is 0 Å². The minimum atomic E-state index is 0.885. The Labute approximate surface area is 386 Å². The third-order valence-electron chi connectivity index (χ3n) is 12.1. The maximum Gasteiger partial charge on any atom is 0.0730 e. The van der Waals surface area contributed by atoms with E-state index < -0.39 is 0 Å². The molecule has 2 aromatic heterocycles. The number of pyridine rings is 2. The summed E-state index contributed by atoms with van der Waals surface area (Å²) in [7, 11) is 0. The summed E-state index contributed by atoms with van der Waals surface area (Å²) in [6, 6.07) is 90.8. The van der Waals surface area contributed by atoms with Crippen molar-refractivity contribution in [3.63, 3.8) is 0 Å². The van der Waals surface area contributed by atoms with Crippen LogP contribution < -0.4 is 9.80 Å². The first-order valence-corrected chi connectivity index (χ1v) is 22.3. The van der Waals surface area contributed by atoms with E-state index in [1.54, 1.807) is 0 Å². The van der Waals surface area contributed by atoms with Gasteiger partial charge in [-0.25, -0.2) is 4.98 Å². The second kappa shape index (κ2) is 18.1. The van der Waals surface area contributed by atoms with E-state index in [4.69, 9.17) is 4.98 Å². The van der Waals surface area contributed by atoms with Crippen molar-refractivity contribution in [2.45, 2.75) is 0 Å². The van der Waals surface area contributed by atoms with Gasteiger partial charge in [0.25, 0.3) is 0 Å². The lowest BCUT2D eigenvalue weighted by atomic mass is 9.91. The van der Waals surface area contributed by atoms with Crippen molar-refractivity contribution in [3.05, 3.63) is 267 Å². The van der Waals surface area contributed by atoms with E-state index in [0.29, 0.717) is 0 Å². The second-order valence-corrected chi connectivity index (χ2v) is 16.3. The molecule has 4 nitrogen and oxygen atoms in total. The molecule has 0 amide bonds. The van der Waals surface area contributed by atoms with Gasteiger partial charge in [0.05, 0.1) is 28.5 Å². The third-order valence-corrected chi connectivity index (χ3v) is 12.1. The van der Waals surface area contributed by atoms with Crippen molar-refractivity contribution in [2.75, 3.05) is 9.80 Å². The molecule has 0 radical (unpaired) electrons. The van der Waals surface area contributed by atoms with E-state index in [9.17, 15) is 0 Å². The molecule has 0 spiro atoms. The number of aromatic nitrogens is 2. The Bertz CT molecular complexity index is 3300. The highest BCUT2D eigenvalue weighted by Crippen LogP contribution is 2.52. The lowest BCUT2D eigenvalue weighted by Crippen LogP contribution is -2.16. The molecule has 0 saturated carbocycles. The zero-order chi connectivity index (χ0) is 44.1. The van der Waals surface area contributed by atoms with Crippen LogP contribution in [0.2, 0.25) is 0 Å². The Hall–Kier alpha value is -8.86. The first-order chi connectivity index (χ1) is 32.7. The fourth-order valence-electron chi connectivity index (χ4n) is 8.93. The molecule has 11 aromatic rings. The van der Waals surface area contributed by atoms with Crippen molar-refractivity contribution in [2.24, 2.45) is 0 Å². The smallest absolute Gasteiger partial charge is 0.0730 e. The lowest BCUT2D eigenvalue weighted by Gasteiger charge is -2.34. The lowest BCUT2D eigenvalue weighted by molar-refractivity contribution is 1.23. The molecule has 66 heavy (non-hydrogen) atoms. The van der Waals surface area contributed by atoms with Crippen LogP contribution in [0.3, 0.4) is 0 Å². The molecule has 0 bridgehead atoms. The van der Waals surface area contributed by atoms with Crippen LogP contribution in [0.4, 0.5) is 34.1 Å². The maximum absolute atomic E-state index is 5.35. The molecular weight excluding hydrogens is 801 g/mol. The summed E-state index contributed by atoms with van der Waals surface area (Å²) in [6.07, 6.45) is 3.75.